The molecule has 0 saturated heterocycles. The van der Waals surface area contributed by atoms with Crippen LogP contribution in [0.1, 0.15) is 18.5 Å². The highest BCUT2D eigenvalue weighted by molar-refractivity contribution is 9.10. The minimum atomic E-state index is -0.726. The molecule has 0 radical (unpaired) electrons. The van der Waals surface area contributed by atoms with Crippen molar-refractivity contribution in [2.24, 2.45) is 0 Å². The third-order valence-electron chi connectivity index (χ3n) is 3.71. The highest BCUT2D eigenvalue weighted by atomic mass is 79.9. The average Bonchev–Trinajstić information content (AvgIpc) is 2.50. The molecular weight excluding hydrogens is 388 g/mol. The van der Waals surface area contributed by atoms with E-state index in [0.717, 1.165) is 0 Å². The molecular formula is C15H16BrClN2O4. The standard InChI is InChI=1S/C15H16BrClN2O4/c1-7-11(14(20)23-4)12(18-15(21)19(7)2)9-5-8(17)6-10(16)13(9)22-3/h5-6,12H,1-4H3,(H,18,21)/t12-/m0/s1. The van der Waals surface area contributed by atoms with Gasteiger partial charge in [-0.1, -0.05) is 11.6 Å². The molecule has 2 rings (SSSR count). The zero-order chi connectivity index (χ0) is 17.3. The fourth-order valence-corrected chi connectivity index (χ4v) is 3.45. The molecule has 2 amide bonds. The minimum Gasteiger partial charge on any atom is -0.495 e. The van der Waals surface area contributed by atoms with Crippen LogP contribution in [0.2, 0.25) is 5.02 Å². The van der Waals surface area contributed by atoms with E-state index in [1.807, 2.05) is 0 Å². The van der Waals surface area contributed by atoms with Crippen LogP contribution in [0.5, 0.6) is 5.75 Å². The predicted molar refractivity (Wildman–Crippen MR) is 89.5 cm³/mol. The fourth-order valence-electron chi connectivity index (χ4n) is 2.45. The molecule has 1 atom stereocenters. The van der Waals surface area contributed by atoms with Crippen LogP contribution in [0.3, 0.4) is 0 Å². The second-order valence-corrected chi connectivity index (χ2v) is 6.23. The van der Waals surface area contributed by atoms with Gasteiger partial charge in [0.1, 0.15) is 5.75 Å². The van der Waals surface area contributed by atoms with E-state index in [1.54, 1.807) is 26.1 Å². The molecule has 0 fully saturated rings. The lowest BCUT2D eigenvalue weighted by Gasteiger charge is -2.33. The number of allylic oxidation sites excluding steroid dienone is 1. The molecule has 23 heavy (non-hydrogen) atoms. The van der Waals surface area contributed by atoms with E-state index in [9.17, 15) is 9.59 Å². The number of rotatable bonds is 3. The van der Waals surface area contributed by atoms with Crippen molar-refractivity contribution in [2.75, 3.05) is 21.3 Å². The molecule has 1 aromatic carbocycles. The van der Waals surface area contributed by atoms with Gasteiger partial charge in [0.05, 0.1) is 30.3 Å². The Morgan fingerprint density at radius 2 is 2.04 bits per heavy atom. The van der Waals surface area contributed by atoms with Crippen molar-refractivity contribution < 1.29 is 19.1 Å². The van der Waals surface area contributed by atoms with Crippen molar-refractivity contribution in [3.8, 4) is 5.75 Å². The molecule has 1 N–H and O–H groups in total. The number of methoxy groups -OCH3 is 2. The minimum absolute atomic E-state index is 0.321. The van der Waals surface area contributed by atoms with Gasteiger partial charge in [-0.3, -0.25) is 0 Å². The zero-order valence-corrected chi connectivity index (χ0v) is 15.4. The zero-order valence-electron chi connectivity index (χ0n) is 13.1. The maximum atomic E-state index is 12.2. The SMILES string of the molecule is COC(=O)C1=C(C)N(C)C(=O)N[C@H]1c1cc(Cl)cc(Br)c1OC. The first-order chi connectivity index (χ1) is 10.8. The quantitative estimate of drug-likeness (QED) is 0.787. The number of halogens is 2. The molecule has 0 spiro atoms. The Hall–Kier alpha value is -1.73. The van der Waals surface area contributed by atoms with E-state index < -0.39 is 12.0 Å². The van der Waals surface area contributed by atoms with Gasteiger partial charge in [0.15, 0.2) is 0 Å². The van der Waals surface area contributed by atoms with Crippen LogP contribution in [-0.2, 0) is 9.53 Å². The van der Waals surface area contributed by atoms with E-state index >= 15 is 0 Å². The summed E-state index contributed by atoms with van der Waals surface area (Å²) in [4.78, 5) is 25.8. The molecule has 0 aliphatic carbocycles. The first-order valence-electron chi connectivity index (χ1n) is 6.68. The molecule has 8 heteroatoms. The Morgan fingerprint density at radius 1 is 1.39 bits per heavy atom. The summed E-state index contributed by atoms with van der Waals surface area (Å²) in [5, 5.41) is 3.22. The summed E-state index contributed by atoms with van der Waals surface area (Å²) in [5.74, 6) is -0.0454. The van der Waals surface area contributed by atoms with Gasteiger partial charge in [-0.2, -0.15) is 0 Å². The maximum absolute atomic E-state index is 12.2. The molecule has 1 aliphatic rings. The molecule has 1 aliphatic heterocycles. The highest BCUT2D eigenvalue weighted by Crippen LogP contribution is 2.40. The number of nitrogens with one attached hydrogen (secondary N) is 1. The van der Waals surface area contributed by atoms with Gasteiger partial charge in [0.2, 0.25) is 0 Å². The van der Waals surface area contributed by atoms with Crippen molar-refractivity contribution in [1.82, 2.24) is 10.2 Å². The van der Waals surface area contributed by atoms with Crippen molar-refractivity contribution in [2.45, 2.75) is 13.0 Å². The van der Waals surface area contributed by atoms with Crippen LogP contribution in [0.25, 0.3) is 0 Å². The van der Waals surface area contributed by atoms with Crippen molar-refractivity contribution >= 4 is 39.5 Å². The third-order valence-corrected chi connectivity index (χ3v) is 4.52. The summed E-state index contributed by atoms with van der Waals surface area (Å²) in [7, 11) is 4.37. The summed E-state index contributed by atoms with van der Waals surface area (Å²) >= 11 is 9.50. The van der Waals surface area contributed by atoms with E-state index in [0.29, 0.717) is 32.1 Å². The molecule has 124 valence electrons. The molecule has 1 aromatic rings. The van der Waals surface area contributed by atoms with Gasteiger partial charge < -0.3 is 19.7 Å². The van der Waals surface area contributed by atoms with Crippen molar-refractivity contribution in [3.05, 3.63) is 38.5 Å². The number of carbonyl (C=O) groups excluding carboxylic acids is 2. The molecule has 0 unspecified atom stereocenters. The van der Waals surface area contributed by atoms with E-state index in [1.165, 1.54) is 19.1 Å². The first-order valence-corrected chi connectivity index (χ1v) is 7.85. The van der Waals surface area contributed by atoms with Crippen molar-refractivity contribution in [1.29, 1.82) is 0 Å². The van der Waals surface area contributed by atoms with Crippen LogP contribution in [0.15, 0.2) is 27.9 Å². The number of benzene rings is 1. The summed E-state index contributed by atoms with van der Waals surface area (Å²) in [5.41, 5.74) is 1.39. The number of nitrogens with zero attached hydrogens (tertiary/aromatic N) is 1. The number of ether oxygens (including phenoxy) is 2. The Kier molecular flexibility index (Phi) is 5.21. The van der Waals surface area contributed by atoms with Crippen LogP contribution in [-0.4, -0.2) is 38.2 Å². The summed E-state index contributed by atoms with van der Waals surface area (Å²) in [6, 6.07) is 2.27. The van der Waals surface area contributed by atoms with E-state index in [4.69, 9.17) is 21.1 Å². The fraction of sp³-hybridized carbons (Fsp3) is 0.333. The smallest absolute Gasteiger partial charge is 0.337 e. The van der Waals surface area contributed by atoms with Crippen LogP contribution >= 0.6 is 27.5 Å². The van der Waals surface area contributed by atoms with Crippen LogP contribution < -0.4 is 10.1 Å². The van der Waals surface area contributed by atoms with Gasteiger partial charge in [-0.05, 0) is 35.0 Å². The Labute approximate surface area is 147 Å². The number of esters is 1. The van der Waals surface area contributed by atoms with E-state index in [2.05, 4.69) is 21.2 Å². The number of hydrogen-bond donors (Lipinski definition) is 1. The monoisotopic (exact) mass is 402 g/mol. The topological polar surface area (TPSA) is 67.9 Å². The number of amides is 2. The van der Waals surface area contributed by atoms with Crippen molar-refractivity contribution in [3.63, 3.8) is 0 Å². The summed E-state index contributed by atoms with van der Waals surface area (Å²) in [6.07, 6.45) is 0. The largest absolute Gasteiger partial charge is 0.495 e. The number of urea groups is 1. The van der Waals surface area contributed by atoms with Crippen LogP contribution in [0.4, 0.5) is 4.79 Å². The second-order valence-electron chi connectivity index (χ2n) is 4.94. The first kappa shape index (κ1) is 17.6. The Balaban J connectivity index is 2.70. The maximum Gasteiger partial charge on any atom is 0.337 e. The van der Waals surface area contributed by atoms with Gasteiger partial charge in [0.25, 0.3) is 0 Å². The molecule has 6 nitrogen and oxygen atoms in total. The Morgan fingerprint density at radius 3 is 2.61 bits per heavy atom. The molecule has 0 bridgehead atoms. The number of hydrogen-bond acceptors (Lipinski definition) is 4. The van der Waals surface area contributed by atoms with Crippen LogP contribution in [0, 0.1) is 0 Å². The average molecular weight is 404 g/mol. The molecule has 1 heterocycles. The lowest BCUT2D eigenvalue weighted by Crippen LogP contribution is -2.46. The highest BCUT2D eigenvalue weighted by Gasteiger charge is 2.36. The van der Waals surface area contributed by atoms with Gasteiger partial charge >= 0.3 is 12.0 Å². The molecule has 0 saturated carbocycles. The Bertz CT molecular complexity index is 705. The van der Waals surface area contributed by atoms with Gasteiger partial charge in [0, 0.05) is 23.3 Å². The second kappa shape index (κ2) is 6.80. The third kappa shape index (κ3) is 3.16. The lowest BCUT2D eigenvalue weighted by atomic mass is 9.94. The lowest BCUT2D eigenvalue weighted by molar-refractivity contribution is -0.136. The summed E-state index contributed by atoms with van der Waals surface area (Å²) in [6.45, 7) is 1.68. The number of carbonyl (C=O) groups is 2. The van der Waals surface area contributed by atoms with Gasteiger partial charge in [-0.25, -0.2) is 9.59 Å². The van der Waals surface area contributed by atoms with E-state index in [-0.39, 0.29) is 6.03 Å². The molecule has 0 aromatic heterocycles. The predicted octanol–water partition coefficient (Wildman–Crippen LogP) is 3.25. The van der Waals surface area contributed by atoms with Gasteiger partial charge in [-0.15, -0.1) is 0 Å². The normalized spacial score (nSPS) is 17.9. The summed E-state index contributed by atoms with van der Waals surface area (Å²) < 4.78 is 10.9.